The van der Waals surface area contributed by atoms with E-state index in [4.69, 9.17) is 16.2 Å². The minimum Gasteiger partial charge on any atom is -0.478 e. The number of carbonyl (C=O) groups excluding carboxylic acids is 1. The molecule has 0 aliphatic heterocycles. The number of carbonyl (C=O) groups is 1. The minimum atomic E-state index is -0.794. The molecule has 1 amide bonds. The molecule has 8 nitrogen and oxygen atoms in total. The molecule has 0 spiro atoms. The number of anilines is 3. The van der Waals surface area contributed by atoms with Crippen LogP contribution in [-0.2, 0) is 0 Å². The molecule has 0 bridgehead atoms. The average molecular weight is 390 g/mol. The topological polar surface area (TPSA) is 128 Å². The SMILES string of the molecule is CCOc1cc(Nc2nc(NC(CN)CC(C)C)c(F)cc2C(N)=O)ccn1. The number of rotatable bonds is 10. The van der Waals surface area contributed by atoms with Crippen molar-refractivity contribution < 1.29 is 13.9 Å². The number of nitrogens with one attached hydrogen (secondary N) is 2. The van der Waals surface area contributed by atoms with Gasteiger partial charge in [-0.3, -0.25) is 4.79 Å². The predicted molar refractivity (Wildman–Crippen MR) is 107 cm³/mol. The van der Waals surface area contributed by atoms with Gasteiger partial charge in [0.15, 0.2) is 11.6 Å². The molecule has 0 fully saturated rings. The van der Waals surface area contributed by atoms with E-state index in [0.29, 0.717) is 30.6 Å². The Bertz CT molecular complexity index is 815. The molecule has 28 heavy (non-hydrogen) atoms. The largest absolute Gasteiger partial charge is 0.478 e. The fourth-order valence-corrected chi connectivity index (χ4v) is 2.70. The van der Waals surface area contributed by atoms with Crippen molar-refractivity contribution in [2.45, 2.75) is 33.2 Å². The monoisotopic (exact) mass is 390 g/mol. The number of primary amides is 1. The van der Waals surface area contributed by atoms with Gasteiger partial charge in [0.25, 0.3) is 5.91 Å². The Balaban J connectivity index is 2.36. The Morgan fingerprint density at radius 1 is 1.32 bits per heavy atom. The minimum absolute atomic E-state index is 0.00249. The van der Waals surface area contributed by atoms with Crippen LogP contribution in [-0.4, -0.2) is 35.1 Å². The first-order chi connectivity index (χ1) is 13.3. The van der Waals surface area contributed by atoms with Crippen molar-refractivity contribution in [2.24, 2.45) is 17.4 Å². The number of hydrogen-bond acceptors (Lipinski definition) is 7. The third-order valence-corrected chi connectivity index (χ3v) is 3.91. The summed E-state index contributed by atoms with van der Waals surface area (Å²) >= 11 is 0. The molecule has 2 rings (SSSR count). The van der Waals surface area contributed by atoms with E-state index in [2.05, 4.69) is 34.4 Å². The van der Waals surface area contributed by atoms with Gasteiger partial charge in [0.2, 0.25) is 5.88 Å². The number of nitrogens with zero attached hydrogens (tertiary/aromatic N) is 2. The predicted octanol–water partition coefficient (Wildman–Crippen LogP) is 2.64. The van der Waals surface area contributed by atoms with Crippen LogP contribution >= 0.6 is 0 Å². The van der Waals surface area contributed by atoms with Gasteiger partial charge in [0.1, 0.15) is 5.82 Å². The summed E-state index contributed by atoms with van der Waals surface area (Å²) in [7, 11) is 0. The molecular formula is C19H27FN6O2. The van der Waals surface area contributed by atoms with Crippen LogP contribution in [0.25, 0.3) is 0 Å². The van der Waals surface area contributed by atoms with Gasteiger partial charge in [-0.05, 0) is 31.4 Å². The second kappa shape index (κ2) is 9.84. The van der Waals surface area contributed by atoms with Crippen LogP contribution in [0.3, 0.4) is 0 Å². The third-order valence-electron chi connectivity index (χ3n) is 3.91. The lowest BCUT2D eigenvalue weighted by Crippen LogP contribution is -2.31. The van der Waals surface area contributed by atoms with Crippen LogP contribution in [0, 0.1) is 11.7 Å². The van der Waals surface area contributed by atoms with E-state index in [1.165, 1.54) is 0 Å². The van der Waals surface area contributed by atoms with Crippen LogP contribution < -0.4 is 26.8 Å². The zero-order valence-corrected chi connectivity index (χ0v) is 16.3. The number of amides is 1. The molecule has 1 unspecified atom stereocenters. The number of halogens is 1. The van der Waals surface area contributed by atoms with Crippen molar-refractivity contribution in [3.05, 3.63) is 35.8 Å². The summed E-state index contributed by atoms with van der Waals surface area (Å²) in [4.78, 5) is 20.1. The molecule has 0 aliphatic rings. The summed E-state index contributed by atoms with van der Waals surface area (Å²) in [6.07, 6.45) is 2.30. The van der Waals surface area contributed by atoms with Crippen molar-refractivity contribution in [2.75, 3.05) is 23.8 Å². The number of ether oxygens (including phenoxy) is 1. The average Bonchev–Trinajstić information content (AvgIpc) is 2.63. The van der Waals surface area contributed by atoms with Gasteiger partial charge in [-0.1, -0.05) is 13.8 Å². The summed E-state index contributed by atoms with van der Waals surface area (Å²) < 4.78 is 19.9. The van der Waals surface area contributed by atoms with Gasteiger partial charge < -0.3 is 26.8 Å². The fourth-order valence-electron chi connectivity index (χ4n) is 2.70. The Kier molecular flexibility index (Phi) is 7.51. The molecule has 0 aliphatic carbocycles. The molecule has 2 heterocycles. The van der Waals surface area contributed by atoms with E-state index < -0.39 is 11.7 Å². The molecule has 2 aromatic rings. The Morgan fingerprint density at radius 2 is 2.07 bits per heavy atom. The number of aromatic nitrogens is 2. The fraction of sp³-hybridized carbons (Fsp3) is 0.421. The highest BCUT2D eigenvalue weighted by Gasteiger charge is 2.19. The van der Waals surface area contributed by atoms with Crippen molar-refractivity contribution in [1.29, 1.82) is 0 Å². The molecule has 0 saturated carbocycles. The lowest BCUT2D eigenvalue weighted by molar-refractivity contribution is 0.100. The third kappa shape index (κ3) is 5.78. The van der Waals surface area contributed by atoms with Crippen LogP contribution in [0.4, 0.5) is 21.7 Å². The molecular weight excluding hydrogens is 363 g/mol. The summed E-state index contributed by atoms with van der Waals surface area (Å²) in [6, 6.07) is 4.23. The standard InChI is InChI=1S/C19H27FN6O2/c1-4-28-16-8-12(5-6-23-16)24-18-14(17(22)27)9-15(20)19(26-18)25-13(10-21)7-11(2)3/h5-6,8-9,11,13H,4,7,10,21H2,1-3H3,(H2,22,27)(H2,23,24,25,26). The lowest BCUT2D eigenvalue weighted by Gasteiger charge is -2.21. The van der Waals surface area contributed by atoms with Gasteiger partial charge in [-0.15, -0.1) is 0 Å². The molecule has 0 saturated heterocycles. The summed E-state index contributed by atoms with van der Waals surface area (Å²) in [5.74, 6) is -0.550. The molecule has 0 aromatic carbocycles. The Hall–Kier alpha value is -2.94. The second-order valence-corrected chi connectivity index (χ2v) is 6.73. The zero-order chi connectivity index (χ0) is 20.7. The van der Waals surface area contributed by atoms with Crippen LogP contribution in [0.15, 0.2) is 24.4 Å². The van der Waals surface area contributed by atoms with Gasteiger partial charge in [0.05, 0.1) is 12.2 Å². The molecule has 1 atom stereocenters. The smallest absolute Gasteiger partial charge is 0.252 e. The van der Waals surface area contributed by atoms with E-state index in [1.807, 2.05) is 6.92 Å². The molecule has 2 aromatic heterocycles. The summed E-state index contributed by atoms with van der Waals surface area (Å²) in [6.45, 7) is 6.73. The lowest BCUT2D eigenvalue weighted by atomic mass is 10.0. The molecule has 6 N–H and O–H groups in total. The maximum atomic E-state index is 14.5. The van der Waals surface area contributed by atoms with E-state index in [-0.39, 0.29) is 23.2 Å². The van der Waals surface area contributed by atoms with Crippen molar-refractivity contribution >= 4 is 23.2 Å². The van der Waals surface area contributed by atoms with Gasteiger partial charge in [0, 0.05) is 30.5 Å². The normalized spacial score (nSPS) is 11.9. The van der Waals surface area contributed by atoms with E-state index in [9.17, 15) is 9.18 Å². The van der Waals surface area contributed by atoms with Crippen molar-refractivity contribution in [1.82, 2.24) is 9.97 Å². The summed E-state index contributed by atoms with van der Waals surface area (Å²) in [5.41, 5.74) is 11.7. The summed E-state index contributed by atoms with van der Waals surface area (Å²) in [5, 5.41) is 5.99. The van der Waals surface area contributed by atoms with Crippen molar-refractivity contribution in [3.8, 4) is 5.88 Å². The first-order valence-corrected chi connectivity index (χ1v) is 9.16. The molecule has 0 radical (unpaired) electrons. The first kappa shape index (κ1) is 21.4. The highest BCUT2D eigenvalue weighted by atomic mass is 19.1. The zero-order valence-electron chi connectivity index (χ0n) is 16.3. The molecule has 9 heteroatoms. The van der Waals surface area contributed by atoms with E-state index in [0.717, 1.165) is 12.5 Å². The van der Waals surface area contributed by atoms with E-state index in [1.54, 1.807) is 18.3 Å². The number of hydrogen-bond donors (Lipinski definition) is 4. The first-order valence-electron chi connectivity index (χ1n) is 9.16. The van der Waals surface area contributed by atoms with E-state index >= 15 is 0 Å². The van der Waals surface area contributed by atoms with Crippen molar-refractivity contribution in [3.63, 3.8) is 0 Å². The maximum absolute atomic E-state index is 14.5. The van der Waals surface area contributed by atoms with Crippen LogP contribution in [0.5, 0.6) is 5.88 Å². The van der Waals surface area contributed by atoms with Crippen LogP contribution in [0.1, 0.15) is 37.6 Å². The van der Waals surface area contributed by atoms with Gasteiger partial charge in [-0.2, -0.15) is 0 Å². The number of nitrogens with two attached hydrogens (primary N) is 2. The van der Waals surface area contributed by atoms with Crippen LogP contribution in [0.2, 0.25) is 0 Å². The van der Waals surface area contributed by atoms with Gasteiger partial charge in [-0.25, -0.2) is 14.4 Å². The Labute approximate surface area is 163 Å². The maximum Gasteiger partial charge on any atom is 0.252 e. The van der Waals surface area contributed by atoms with Gasteiger partial charge >= 0.3 is 0 Å². The second-order valence-electron chi connectivity index (χ2n) is 6.73. The quantitative estimate of drug-likeness (QED) is 0.491. The Morgan fingerprint density at radius 3 is 2.68 bits per heavy atom. The molecule has 152 valence electrons. The highest BCUT2D eigenvalue weighted by molar-refractivity contribution is 5.98. The highest BCUT2D eigenvalue weighted by Crippen LogP contribution is 2.25. The number of pyridine rings is 2.